The molecule has 1 amide bonds. The van der Waals surface area contributed by atoms with Gasteiger partial charge in [-0.25, -0.2) is 4.39 Å². The number of alkyl halides is 2. The highest BCUT2D eigenvalue weighted by Gasteiger charge is 2.67. The van der Waals surface area contributed by atoms with Crippen LogP contribution in [0.4, 0.5) is 10.1 Å². The van der Waals surface area contributed by atoms with Crippen LogP contribution in [0.15, 0.2) is 18.2 Å². The summed E-state index contributed by atoms with van der Waals surface area (Å²) in [5.74, 6) is -0.636. The van der Waals surface area contributed by atoms with Gasteiger partial charge in [0, 0.05) is 11.3 Å². The lowest BCUT2D eigenvalue weighted by Crippen LogP contribution is -2.26. The molecule has 2 rings (SSSR count). The Morgan fingerprint density at radius 1 is 1.47 bits per heavy atom. The Morgan fingerprint density at radius 3 is 2.59 bits per heavy atom. The highest BCUT2D eigenvalue weighted by molar-refractivity contribution is 6.53. The number of carbonyl (C=O) groups is 1. The fourth-order valence-corrected chi connectivity index (χ4v) is 2.36. The van der Waals surface area contributed by atoms with Crippen LogP contribution < -0.4 is 5.32 Å². The SMILES string of the molecule is Cc1c(F)cccc1NC(=O)[C@@]1(C)CC1(Cl)Cl. The fraction of sp³-hybridized carbons (Fsp3) is 0.417. The average Bonchev–Trinajstić information content (AvgIpc) is 2.75. The standard InChI is InChI=1S/C12H12Cl2FNO/c1-7-8(15)4-3-5-9(7)16-10(17)11(2)6-12(11,13)14/h3-5H,6H2,1-2H3,(H,16,17)/t11-/m1/s1. The van der Waals surface area contributed by atoms with Crippen molar-refractivity contribution in [1.82, 2.24) is 0 Å². The number of amides is 1. The van der Waals surface area contributed by atoms with Crippen molar-refractivity contribution >= 4 is 34.8 Å². The Kier molecular flexibility index (Phi) is 2.87. The predicted molar refractivity (Wildman–Crippen MR) is 66.9 cm³/mol. The van der Waals surface area contributed by atoms with Crippen molar-refractivity contribution < 1.29 is 9.18 Å². The molecule has 1 aromatic rings. The minimum absolute atomic E-state index is 0.281. The Labute approximate surface area is 109 Å². The third kappa shape index (κ3) is 2.02. The molecule has 0 radical (unpaired) electrons. The number of hydrogen-bond donors (Lipinski definition) is 1. The molecule has 0 heterocycles. The van der Waals surface area contributed by atoms with Crippen molar-refractivity contribution in [3.8, 4) is 0 Å². The number of carbonyl (C=O) groups excluding carboxylic acids is 1. The van der Waals surface area contributed by atoms with Gasteiger partial charge in [-0.15, -0.1) is 23.2 Å². The van der Waals surface area contributed by atoms with Crippen LogP contribution in [-0.2, 0) is 4.79 Å². The molecule has 17 heavy (non-hydrogen) atoms. The van der Waals surface area contributed by atoms with E-state index in [0.29, 0.717) is 17.7 Å². The molecule has 1 saturated carbocycles. The van der Waals surface area contributed by atoms with E-state index in [4.69, 9.17) is 23.2 Å². The van der Waals surface area contributed by atoms with Gasteiger partial charge in [0.25, 0.3) is 0 Å². The summed E-state index contributed by atoms with van der Waals surface area (Å²) in [6.07, 6.45) is 0.406. The summed E-state index contributed by atoms with van der Waals surface area (Å²) in [6.45, 7) is 3.30. The van der Waals surface area contributed by atoms with E-state index in [9.17, 15) is 9.18 Å². The van der Waals surface area contributed by atoms with E-state index in [-0.39, 0.29) is 11.7 Å². The van der Waals surface area contributed by atoms with E-state index in [1.54, 1.807) is 26.0 Å². The van der Waals surface area contributed by atoms with E-state index in [0.717, 1.165) is 0 Å². The van der Waals surface area contributed by atoms with E-state index < -0.39 is 9.75 Å². The minimum atomic E-state index is -1.02. The topological polar surface area (TPSA) is 29.1 Å². The van der Waals surface area contributed by atoms with Gasteiger partial charge < -0.3 is 5.32 Å². The maximum atomic E-state index is 13.3. The highest BCUT2D eigenvalue weighted by Crippen LogP contribution is 2.64. The first kappa shape index (κ1) is 12.7. The summed E-state index contributed by atoms with van der Waals surface area (Å²) >= 11 is 11.8. The third-order valence-corrected chi connectivity index (χ3v) is 4.38. The molecule has 5 heteroatoms. The van der Waals surface area contributed by atoms with Gasteiger partial charge >= 0.3 is 0 Å². The zero-order valence-electron chi connectivity index (χ0n) is 9.48. The molecule has 1 aliphatic rings. The molecule has 0 unspecified atom stereocenters. The number of rotatable bonds is 2. The smallest absolute Gasteiger partial charge is 0.233 e. The fourth-order valence-electron chi connectivity index (χ4n) is 1.65. The van der Waals surface area contributed by atoms with Crippen LogP contribution >= 0.6 is 23.2 Å². The van der Waals surface area contributed by atoms with Gasteiger partial charge in [0.2, 0.25) is 5.91 Å². The average molecular weight is 276 g/mol. The maximum absolute atomic E-state index is 13.3. The summed E-state index contributed by atoms with van der Waals surface area (Å²) in [5.41, 5.74) is 0.0570. The summed E-state index contributed by atoms with van der Waals surface area (Å²) in [7, 11) is 0. The largest absolute Gasteiger partial charge is 0.325 e. The first-order valence-corrected chi connectivity index (χ1v) is 5.98. The molecule has 0 aliphatic heterocycles. The molecule has 1 fully saturated rings. The number of hydrogen-bond acceptors (Lipinski definition) is 1. The minimum Gasteiger partial charge on any atom is -0.325 e. The summed E-state index contributed by atoms with van der Waals surface area (Å²) in [4.78, 5) is 12.0. The summed E-state index contributed by atoms with van der Waals surface area (Å²) in [6, 6.07) is 4.53. The second-order valence-electron chi connectivity index (χ2n) is 4.58. The predicted octanol–water partition coefficient (Wildman–Crippen LogP) is 3.66. The van der Waals surface area contributed by atoms with Crippen LogP contribution in [0.1, 0.15) is 18.9 Å². The molecule has 0 bridgehead atoms. The summed E-state index contributed by atoms with van der Waals surface area (Å²) < 4.78 is 12.3. The lowest BCUT2D eigenvalue weighted by atomic mass is 10.1. The van der Waals surface area contributed by atoms with E-state index in [2.05, 4.69) is 5.32 Å². The van der Waals surface area contributed by atoms with E-state index >= 15 is 0 Å². The number of halogens is 3. The van der Waals surface area contributed by atoms with Crippen molar-refractivity contribution in [3.05, 3.63) is 29.6 Å². The second-order valence-corrected chi connectivity index (χ2v) is 6.06. The Hall–Kier alpha value is -0.800. The van der Waals surface area contributed by atoms with Crippen molar-refractivity contribution in [2.75, 3.05) is 5.32 Å². The Balaban J connectivity index is 2.18. The van der Waals surface area contributed by atoms with Gasteiger partial charge in [-0.2, -0.15) is 0 Å². The normalized spacial score (nSPS) is 25.5. The number of benzene rings is 1. The molecule has 1 N–H and O–H groups in total. The zero-order chi connectivity index (χ0) is 12.8. The lowest BCUT2D eigenvalue weighted by molar-refractivity contribution is -0.120. The van der Waals surface area contributed by atoms with E-state index in [1.165, 1.54) is 6.07 Å². The second kappa shape index (κ2) is 3.85. The summed E-state index contributed by atoms with van der Waals surface area (Å²) in [5, 5.41) is 2.66. The highest BCUT2D eigenvalue weighted by atomic mass is 35.5. The molecule has 92 valence electrons. The Morgan fingerprint density at radius 2 is 2.06 bits per heavy atom. The van der Waals surface area contributed by atoms with Crippen molar-refractivity contribution in [2.24, 2.45) is 5.41 Å². The third-order valence-electron chi connectivity index (χ3n) is 3.27. The molecular formula is C12H12Cl2FNO. The zero-order valence-corrected chi connectivity index (χ0v) is 11.0. The number of anilines is 1. The van der Waals surface area contributed by atoms with Gasteiger partial charge in [-0.3, -0.25) is 4.79 Å². The molecule has 1 aromatic carbocycles. The molecular weight excluding hydrogens is 264 g/mol. The maximum Gasteiger partial charge on any atom is 0.233 e. The molecule has 2 nitrogen and oxygen atoms in total. The van der Waals surface area contributed by atoms with Crippen LogP contribution in [-0.4, -0.2) is 10.2 Å². The van der Waals surface area contributed by atoms with Gasteiger partial charge in [0.05, 0.1) is 5.41 Å². The van der Waals surface area contributed by atoms with Crippen LogP contribution in [0.2, 0.25) is 0 Å². The van der Waals surface area contributed by atoms with Crippen LogP contribution in [0.25, 0.3) is 0 Å². The van der Waals surface area contributed by atoms with Crippen LogP contribution in [0.3, 0.4) is 0 Å². The van der Waals surface area contributed by atoms with Gasteiger partial charge in [-0.1, -0.05) is 6.07 Å². The van der Waals surface area contributed by atoms with Crippen LogP contribution in [0.5, 0.6) is 0 Å². The first-order chi connectivity index (χ1) is 7.78. The van der Waals surface area contributed by atoms with E-state index in [1.807, 2.05) is 0 Å². The molecule has 0 aromatic heterocycles. The van der Waals surface area contributed by atoms with Crippen molar-refractivity contribution in [1.29, 1.82) is 0 Å². The van der Waals surface area contributed by atoms with Gasteiger partial charge in [0.1, 0.15) is 10.2 Å². The van der Waals surface area contributed by atoms with Crippen molar-refractivity contribution in [3.63, 3.8) is 0 Å². The molecule has 0 saturated heterocycles. The quantitative estimate of drug-likeness (QED) is 0.821. The van der Waals surface area contributed by atoms with Crippen molar-refractivity contribution in [2.45, 2.75) is 24.6 Å². The molecule has 0 spiro atoms. The monoisotopic (exact) mass is 275 g/mol. The number of nitrogens with one attached hydrogen (secondary N) is 1. The molecule has 1 atom stereocenters. The molecule has 1 aliphatic carbocycles. The lowest BCUT2D eigenvalue weighted by Gasteiger charge is -2.14. The van der Waals surface area contributed by atoms with Gasteiger partial charge in [0.15, 0.2) is 0 Å². The van der Waals surface area contributed by atoms with Gasteiger partial charge in [-0.05, 0) is 32.4 Å². The Bertz CT molecular complexity index is 489. The first-order valence-electron chi connectivity index (χ1n) is 5.22. The van der Waals surface area contributed by atoms with Crippen LogP contribution in [0, 0.1) is 18.2 Å².